The number of aromatic nitrogens is 1. The molecule has 2 heterocycles. The Morgan fingerprint density at radius 2 is 1.80 bits per heavy atom. The molecule has 1 N–H and O–H groups in total. The van der Waals surface area contributed by atoms with Crippen LogP contribution in [-0.2, 0) is 10.0 Å². The summed E-state index contributed by atoms with van der Waals surface area (Å²) in [5.41, 5.74) is 3.66. The first-order valence-corrected chi connectivity index (χ1v) is 16.0. The van der Waals surface area contributed by atoms with E-state index in [2.05, 4.69) is 6.07 Å². The van der Waals surface area contributed by atoms with Gasteiger partial charge in [0.2, 0.25) is 0 Å². The highest BCUT2D eigenvalue weighted by atomic mass is 35.5. The predicted octanol–water partition coefficient (Wildman–Crippen LogP) is 6.79. The summed E-state index contributed by atoms with van der Waals surface area (Å²) in [6, 6.07) is 21.8. The topological polar surface area (TPSA) is 100 Å². The van der Waals surface area contributed by atoms with Crippen molar-refractivity contribution in [1.82, 2.24) is 3.97 Å². The maximum absolute atomic E-state index is 15.1. The molecule has 2 aromatic heterocycles. The Kier molecular flexibility index (Phi) is 7.59. The third kappa shape index (κ3) is 5.07. The molecule has 0 amide bonds. The van der Waals surface area contributed by atoms with Gasteiger partial charge in [0.25, 0.3) is 10.0 Å². The van der Waals surface area contributed by atoms with Crippen molar-refractivity contribution in [2.75, 3.05) is 0 Å². The Hall–Kier alpha value is -4.75. The molecule has 0 fully saturated rings. The summed E-state index contributed by atoms with van der Waals surface area (Å²) in [5.74, 6) is -1.12. The minimum Gasteiger partial charge on any atom is -0.478 e. The maximum Gasteiger partial charge on any atom is 0.335 e. The number of nitrogens with zero attached hydrogens (tertiary/aromatic N) is 2. The number of halogens is 2. The smallest absolute Gasteiger partial charge is 0.335 e. The van der Waals surface area contributed by atoms with Gasteiger partial charge in [0.1, 0.15) is 17.1 Å². The van der Waals surface area contributed by atoms with E-state index < -0.39 is 22.2 Å². The van der Waals surface area contributed by atoms with Crippen molar-refractivity contribution in [2.24, 2.45) is 0 Å². The monoisotopic (exact) mass is 640 g/mol. The first-order chi connectivity index (χ1) is 21.1. The fourth-order valence-electron chi connectivity index (χ4n) is 5.29. The second kappa shape index (κ2) is 11.4. The Balaban J connectivity index is 1.74. The fourth-order valence-corrected chi connectivity index (χ4v) is 7.82. The molecule has 1 unspecified atom stereocenters. The molecular weight excluding hydrogens is 619 g/mol. The average Bonchev–Trinajstić information content (AvgIpc) is 3.54. The van der Waals surface area contributed by atoms with Gasteiger partial charge in [-0.05, 0) is 72.5 Å². The lowest BCUT2D eigenvalue weighted by molar-refractivity contribution is 0.0697. The normalized spacial score (nSPS) is 14.2. The first kappa shape index (κ1) is 29.3. The molecule has 6 rings (SSSR count). The van der Waals surface area contributed by atoms with E-state index in [1.807, 2.05) is 6.92 Å². The van der Waals surface area contributed by atoms with E-state index in [0.717, 1.165) is 5.56 Å². The lowest BCUT2D eigenvalue weighted by atomic mass is 9.96. The van der Waals surface area contributed by atoms with E-state index in [9.17, 15) is 23.6 Å². The molecule has 3 aromatic carbocycles. The van der Waals surface area contributed by atoms with E-state index in [4.69, 9.17) is 11.6 Å². The number of thiophene rings is 1. The molecule has 44 heavy (non-hydrogen) atoms. The van der Waals surface area contributed by atoms with Gasteiger partial charge in [-0.15, -0.1) is 11.3 Å². The Bertz CT molecular complexity index is 2280. The molecule has 6 nitrogen and oxygen atoms in total. The zero-order valence-corrected chi connectivity index (χ0v) is 25.4. The van der Waals surface area contributed by atoms with Gasteiger partial charge in [0.05, 0.1) is 21.5 Å². The Labute approximate surface area is 261 Å². The second-order valence-corrected chi connectivity index (χ2v) is 13.2. The van der Waals surface area contributed by atoms with E-state index in [-0.39, 0.29) is 26.5 Å². The van der Waals surface area contributed by atoms with Crippen molar-refractivity contribution in [3.8, 4) is 39.6 Å². The molecule has 0 spiro atoms. The van der Waals surface area contributed by atoms with Crippen LogP contribution >= 0.6 is 22.9 Å². The third-order valence-corrected chi connectivity index (χ3v) is 10.2. The van der Waals surface area contributed by atoms with Crippen molar-refractivity contribution in [3.63, 3.8) is 0 Å². The van der Waals surface area contributed by atoms with Crippen LogP contribution in [0.3, 0.4) is 0 Å². The lowest BCUT2D eigenvalue weighted by Gasteiger charge is -2.15. The molecule has 0 aliphatic heterocycles. The minimum absolute atomic E-state index is 0.0281. The summed E-state index contributed by atoms with van der Waals surface area (Å²) < 4.78 is 45.4. The number of aromatic carboxylic acids is 1. The molecule has 5 aromatic rings. The molecular formula is C34H22ClFN2O4S2. The minimum atomic E-state index is -4.26. The second-order valence-electron chi connectivity index (χ2n) is 10.1. The summed E-state index contributed by atoms with van der Waals surface area (Å²) in [4.78, 5) is 11.9. The summed E-state index contributed by atoms with van der Waals surface area (Å²) >= 11 is 7.72. The number of aryl methyl sites for hydroxylation is 1. The number of rotatable bonds is 6. The Morgan fingerprint density at radius 1 is 1.05 bits per heavy atom. The van der Waals surface area contributed by atoms with Crippen LogP contribution in [0, 0.1) is 18.3 Å². The number of hydrogen-bond donors (Lipinski definition) is 1. The number of fused-ring (bicyclic) bond motifs is 1. The number of allylic oxidation sites excluding steroid dienone is 2. The van der Waals surface area contributed by atoms with Crippen molar-refractivity contribution < 1.29 is 22.7 Å². The van der Waals surface area contributed by atoms with Crippen LogP contribution in [-0.4, -0.2) is 29.6 Å². The van der Waals surface area contributed by atoms with E-state index >= 15 is 4.39 Å². The van der Waals surface area contributed by atoms with Gasteiger partial charge in [-0.3, -0.25) is 0 Å². The SMILES string of the molecule is Cc1ccc(S(=O)(=O)n2c(-c3cccc(-c4ccc(C(=O)O)cc4Cl)c3)c(-c3ccsc3C#N)c3c2=CC=CC(F)C=3)cc1. The quantitative estimate of drug-likeness (QED) is 0.220. The van der Waals surface area contributed by atoms with Crippen LogP contribution in [0.2, 0.25) is 5.02 Å². The molecule has 0 saturated heterocycles. The number of benzene rings is 3. The summed E-state index contributed by atoms with van der Waals surface area (Å²) in [6.07, 6.45) is 4.24. The standard InChI is InChI=1S/C34H22ClFN2O4S2/c1-20-8-11-25(12-9-20)44(41,42)38-30-7-3-6-24(36)18-28(30)32(27-14-15-43-31(27)19-37)33(38)22-5-2-4-21(16-22)26-13-10-23(34(39)40)17-29(26)35/h2-18,24H,1H3,(H,39,40). The van der Waals surface area contributed by atoms with Gasteiger partial charge in [-0.2, -0.15) is 5.26 Å². The van der Waals surface area contributed by atoms with Gasteiger partial charge < -0.3 is 5.11 Å². The molecule has 0 radical (unpaired) electrons. The average molecular weight is 641 g/mol. The first-order valence-electron chi connectivity index (χ1n) is 13.3. The summed E-state index contributed by atoms with van der Waals surface area (Å²) in [5, 5.41) is 21.9. The van der Waals surface area contributed by atoms with E-state index in [1.165, 1.54) is 57.8 Å². The van der Waals surface area contributed by atoms with Gasteiger partial charge >= 0.3 is 5.97 Å². The predicted molar refractivity (Wildman–Crippen MR) is 171 cm³/mol. The highest BCUT2D eigenvalue weighted by Gasteiger charge is 2.29. The van der Waals surface area contributed by atoms with Crippen LogP contribution in [0.1, 0.15) is 20.8 Å². The molecule has 0 bridgehead atoms. The summed E-state index contributed by atoms with van der Waals surface area (Å²) in [6.45, 7) is 1.86. The number of nitriles is 1. The summed E-state index contributed by atoms with van der Waals surface area (Å²) in [7, 11) is -4.26. The van der Waals surface area contributed by atoms with Crippen molar-refractivity contribution in [3.05, 3.63) is 122 Å². The molecule has 1 atom stereocenters. The fraction of sp³-hybridized carbons (Fsp3) is 0.0588. The van der Waals surface area contributed by atoms with E-state index in [1.54, 1.807) is 60.0 Å². The van der Waals surface area contributed by atoms with Crippen LogP contribution in [0.5, 0.6) is 0 Å². The van der Waals surface area contributed by atoms with Crippen LogP contribution in [0.4, 0.5) is 4.39 Å². The van der Waals surface area contributed by atoms with Crippen LogP contribution < -0.4 is 10.6 Å². The number of alkyl halides is 1. The number of carboxylic acid groups (broad SMARTS) is 1. The van der Waals surface area contributed by atoms with E-state index in [0.29, 0.717) is 37.9 Å². The van der Waals surface area contributed by atoms with Crippen molar-refractivity contribution in [1.29, 1.82) is 5.26 Å². The maximum atomic E-state index is 15.1. The third-order valence-electron chi connectivity index (χ3n) is 7.34. The van der Waals surface area contributed by atoms with Gasteiger partial charge in [-0.25, -0.2) is 21.6 Å². The zero-order valence-electron chi connectivity index (χ0n) is 23.0. The molecule has 1 aliphatic rings. The van der Waals surface area contributed by atoms with Crippen LogP contribution in [0.25, 0.3) is 45.7 Å². The molecule has 1 aliphatic carbocycles. The zero-order chi connectivity index (χ0) is 31.2. The molecule has 0 saturated carbocycles. The van der Waals surface area contributed by atoms with Crippen LogP contribution in [0.15, 0.2) is 95.2 Å². The number of carboxylic acids is 1. The highest BCUT2D eigenvalue weighted by molar-refractivity contribution is 7.90. The number of carbonyl (C=O) groups is 1. The molecule has 10 heteroatoms. The van der Waals surface area contributed by atoms with Crippen molar-refractivity contribution in [2.45, 2.75) is 18.0 Å². The Morgan fingerprint density at radius 3 is 2.50 bits per heavy atom. The lowest BCUT2D eigenvalue weighted by Crippen LogP contribution is -2.34. The van der Waals surface area contributed by atoms with Crippen molar-refractivity contribution >= 4 is 51.1 Å². The highest BCUT2D eigenvalue weighted by Crippen LogP contribution is 2.38. The van der Waals surface area contributed by atoms with Gasteiger partial charge in [0.15, 0.2) is 0 Å². The van der Waals surface area contributed by atoms with Gasteiger partial charge in [-0.1, -0.05) is 59.6 Å². The molecule has 218 valence electrons. The largest absolute Gasteiger partial charge is 0.478 e. The van der Waals surface area contributed by atoms with Gasteiger partial charge in [0, 0.05) is 32.5 Å². The number of hydrogen-bond acceptors (Lipinski definition) is 5.